The number of benzene rings is 2. The minimum Gasteiger partial charge on any atom is -0.355 e. The van der Waals surface area contributed by atoms with Crippen molar-refractivity contribution in [3.05, 3.63) is 59.7 Å². The molecule has 2 amide bonds. The van der Waals surface area contributed by atoms with Gasteiger partial charge >= 0.3 is 6.18 Å². The summed E-state index contributed by atoms with van der Waals surface area (Å²) < 4.78 is 39.4. The third-order valence-electron chi connectivity index (χ3n) is 5.27. The Morgan fingerprint density at radius 1 is 1.03 bits per heavy atom. The fourth-order valence-electron chi connectivity index (χ4n) is 3.24. The summed E-state index contributed by atoms with van der Waals surface area (Å²) in [7, 11) is 3.76. The molecule has 0 heterocycles. The van der Waals surface area contributed by atoms with Crippen LogP contribution in [0.3, 0.4) is 0 Å². The fourth-order valence-corrected chi connectivity index (χ4v) is 3.24. The lowest BCUT2D eigenvalue weighted by Gasteiger charge is -2.18. The van der Waals surface area contributed by atoms with Crippen LogP contribution < -0.4 is 16.0 Å². The van der Waals surface area contributed by atoms with Crippen LogP contribution in [0, 0.1) is 0 Å². The number of carbonyl (C=O) groups is 2. The molecular weight excluding hydrogens is 421 g/mol. The number of amides is 2. The van der Waals surface area contributed by atoms with Gasteiger partial charge in [0.1, 0.15) is 5.54 Å². The molecule has 0 bridgehead atoms. The molecule has 0 aromatic heterocycles. The highest BCUT2D eigenvalue weighted by molar-refractivity contribution is 5.94. The van der Waals surface area contributed by atoms with E-state index in [1.165, 1.54) is 18.2 Å². The molecule has 0 radical (unpaired) electrons. The van der Waals surface area contributed by atoms with Crippen LogP contribution in [0.1, 0.15) is 30.4 Å². The summed E-state index contributed by atoms with van der Waals surface area (Å²) in [5.74, 6) is -0.377. The molecule has 3 rings (SSSR count). The molecule has 6 nitrogen and oxygen atoms in total. The molecule has 0 aliphatic heterocycles. The van der Waals surface area contributed by atoms with E-state index in [-0.39, 0.29) is 24.0 Å². The van der Waals surface area contributed by atoms with Crippen molar-refractivity contribution in [3.8, 4) is 0 Å². The van der Waals surface area contributed by atoms with Gasteiger partial charge in [0.2, 0.25) is 11.8 Å². The average molecular weight is 448 g/mol. The Labute approximate surface area is 185 Å². The highest BCUT2D eigenvalue weighted by Gasteiger charge is 2.50. The maximum atomic E-state index is 13.1. The number of halogens is 3. The highest BCUT2D eigenvalue weighted by Crippen LogP contribution is 2.36. The molecule has 3 N–H and O–H groups in total. The Hall–Kier alpha value is -3.07. The second kappa shape index (κ2) is 9.60. The molecule has 0 spiro atoms. The molecule has 1 saturated carbocycles. The average Bonchev–Trinajstić information content (AvgIpc) is 3.52. The van der Waals surface area contributed by atoms with Gasteiger partial charge in [-0.2, -0.15) is 13.2 Å². The van der Waals surface area contributed by atoms with Crippen molar-refractivity contribution in [3.63, 3.8) is 0 Å². The van der Waals surface area contributed by atoms with Crippen molar-refractivity contribution >= 4 is 23.2 Å². The zero-order valence-corrected chi connectivity index (χ0v) is 18.1. The Morgan fingerprint density at radius 2 is 1.69 bits per heavy atom. The quantitative estimate of drug-likeness (QED) is 0.548. The van der Waals surface area contributed by atoms with Gasteiger partial charge in [0.05, 0.1) is 11.3 Å². The third-order valence-corrected chi connectivity index (χ3v) is 5.27. The van der Waals surface area contributed by atoms with Crippen LogP contribution in [-0.2, 0) is 22.3 Å². The van der Waals surface area contributed by atoms with Crippen molar-refractivity contribution in [2.24, 2.45) is 0 Å². The van der Waals surface area contributed by atoms with E-state index >= 15 is 0 Å². The van der Waals surface area contributed by atoms with Gasteiger partial charge in [-0.05, 0) is 56.8 Å². The molecule has 32 heavy (non-hydrogen) atoms. The summed E-state index contributed by atoms with van der Waals surface area (Å²) in [5, 5.41) is 8.46. The molecule has 1 aliphatic carbocycles. The van der Waals surface area contributed by atoms with Gasteiger partial charge in [-0.25, -0.2) is 0 Å². The van der Waals surface area contributed by atoms with E-state index in [1.54, 1.807) is 24.3 Å². The monoisotopic (exact) mass is 448 g/mol. The molecule has 172 valence electrons. The van der Waals surface area contributed by atoms with Crippen LogP contribution >= 0.6 is 0 Å². The number of nitrogens with zero attached hydrogens (tertiary/aromatic N) is 1. The number of hydrogen-bond acceptors (Lipinski definition) is 4. The zero-order chi connectivity index (χ0) is 23.4. The SMILES string of the molecule is CN(C)CCC(=O)NC1(C(=O)NCc2ccc(Nc3ccccc3C(F)(F)F)cc2)CC1. The van der Waals surface area contributed by atoms with Gasteiger partial charge < -0.3 is 20.9 Å². The summed E-state index contributed by atoms with van der Waals surface area (Å²) in [6.07, 6.45) is -2.91. The molecule has 2 aromatic carbocycles. The van der Waals surface area contributed by atoms with Crippen LogP contribution in [0.5, 0.6) is 0 Å². The van der Waals surface area contributed by atoms with Gasteiger partial charge in [0.25, 0.3) is 0 Å². The number of hydrogen-bond donors (Lipinski definition) is 3. The highest BCUT2D eigenvalue weighted by atomic mass is 19.4. The smallest absolute Gasteiger partial charge is 0.355 e. The molecule has 1 fully saturated rings. The molecule has 0 atom stereocenters. The van der Waals surface area contributed by atoms with E-state index in [0.717, 1.165) is 11.6 Å². The molecule has 9 heteroatoms. The van der Waals surface area contributed by atoms with E-state index in [4.69, 9.17) is 0 Å². The van der Waals surface area contributed by atoms with E-state index < -0.39 is 17.3 Å². The largest absolute Gasteiger partial charge is 0.418 e. The van der Waals surface area contributed by atoms with Gasteiger partial charge in [-0.15, -0.1) is 0 Å². The van der Waals surface area contributed by atoms with E-state index in [0.29, 0.717) is 31.5 Å². The number of nitrogens with one attached hydrogen (secondary N) is 3. The molecule has 0 saturated heterocycles. The molecular formula is C23H27F3N4O2. The lowest BCUT2D eigenvalue weighted by Crippen LogP contribution is -2.49. The van der Waals surface area contributed by atoms with Crippen LogP contribution in [-0.4, -0.2) is 42.9 Å². The maximum absolute atomic E-state index is 13.1. The van der Waals surface area contributed by atoms with E-state index in [9.17, 15) is 22.8 Å². The van der Waals surface area contributed by atoms with Crippen molar-refractivity contribution in [1.29, 1.82) is 0 Å². The number of anilines is 2. The minimum atomic E-state index is -4.45. The van der Waals surface area contributed by atoms with Crippen molar-refractivity contribution in [2.45, 2.75) is 37.5 Å². The van der Waals surface area contributed by atoms with Crippen molar-refractivity contribution in [1.82, 2.24) is 15.5 Å². The van der Waals surface area contributed by atoms with Crippen molar-refractivity contribution in [2.75, 3.05) is 26.0 Å². The topological polar surface area (TPSA) is 73.5 Å². The van der Waals surface area contributed by atoms with Gasteiger partial charge in [0, 0.05) is 25.2 Å². The first kappa shape index (κ1) is 23.6. The first-order chi connectivity index (χ1) is 15.1. The third kappa shape index (κ3) is 6.23. The van der Waals surface area contributed by atoms with Gasteiger partial charge in [-0.3, -0.25) is 9.59 Å². The summed E-state index contributed by atoms with van der Waals surface area (Å²) in [6.45, 7) is 0.866. The second-order valence-corrected chi connectivity index (χ2v) is 8.23. The summed E-state index contributed by atoms with van der Waals surface area (Å²) in [5.41, 5.74) is -0.293. The second-order valence-electron chi connectivity index (χ2n) is 8.23. The first-order valence-electron chi connectivity index (χ1n) is 10.4. The van der Waals surface area contributed by atoms with E-state index in [1.807, 2.05) is 19.0 Å². The van der Waals surface area contributed by atoms with Crippen LogP contribution in [0.4, 0.5) is 24.5 Å². The number of rotatable bonds is 9. The Morgan fingerprint density at radius 3 is 2.28 bits per heavy atom. The summed E-state index contributed by atoms with van der Waals surface area (Å²) >= 11 is 0. The number of carbonyl (C=O) groups excluding carboxylic acids is 2. The summed E-state index contributed by atoms with van der Waals surface area (Å²) in [6, 6.07) is 12.1. The van der Waals surface area contributed by atoms with Gasteiger partial charge in [-0.1, -0.05) is 24.3 Å². The van der Waals surface area contributed by atoms with Gasteiger partial charge in [0.15, 0.2) is 0 Å². The Bertz CT molecular complexity index is 954. The Balaban J connectivity index is 1.53. The normalized spacial score (nSPS) is 14.7. The minimum absolute atomic E-state index is 0.0262. The molecule has 1 aliphatic rings. The zero-order valence-electron chi connectivity index (χ0n) is 18.1. The van der Waals surface area contributed by atoms with Crippen LogP contribution in [0.2, 0.25) is 0 Å². The van der Waals surface area contributed by atoms with Crippen molar-refractivity contribution < 1.29 is 22.8 Å². The predicted octanol–water partition coefficient (Wildman–Crippen LogP) is 3.67. The fraction of sp³-hybridized carbons (Fsp3) is 0.391. The van der Waals surface area contributed by atoms with E-state index in [2.05, 4.69) is 16.0 Å². The molecule has 2 aromatic rings. The first-order valence-corrected chi connectivity index (χ1v) is 10.4. The number of alkyl halides is 3. The Kier molecular flexibility index (Phi) is 7.08. The molecule has 0 unspecified atom stereocenters. The summed E-state index contributed by atoms with van der Waals surface area (Å²) in [4.78, 5) is 26.5. The predicted molar refractivity (Wildman–Crippen MR) is 116 cm³/mol. The van der Waals surface area contributed by atoms with Crippen LogP contribution in [0.25, 0.3) is 0 Å². The number of para-hydroxylation sites is 1. The lowest BCUT2D eigenvalue weighted by molar-refractivity contribution is -0.137. The standard InChI is InChI=1S/C23H27F3N4O2/c1-30(2)14-11-20(31)29-22(12-13-22)21(32)27-15-16-7-9-17(10-8-16)28-19-6-4-3-5-18(19)23(24,25)26/h3-10,28H,11-15H2,1-2H3,(H,27,32)(H,29,31). The van der Waals surface area contributed by atoms with Crippen LogP contribution in [0.15, 0.2) is 48.5 Å². The lowest BCUT2D eigenvalue weighted by atomic mass is 10.1. The maximum Gasteiger partial charge on any atom is 0.418 e.